The molecule has 0 bridgehead atoms. The highest BCUT2D eigenvalue weighted by Gasteiger charge is 2.54. The summed E-state index contributed by atoms with van der Waals surface area (Å²) in [5.74, 6) is 1.06. The highest BCUT2D eigenvalue weighted by atomic mass is 16.7. The zero-order chi connectivity index (χ0) is 49.3. The Morgan fingerprint density at radius 1 is 0.535 bits per heavy atom. The van der Waals surface area contributed by atoms with E-state index in [1.165, 1.54) is 35.8 Å². The summed E-state index contributed by atoms with van der Waals surface area (Å²) in [6, 6.07) is 10.8. The number of hydrogen-bond donors (Lipinski definition) is 2. The van der Waals surface area contributed by atoms with E-state index in [-0.39, 0.29) is 90.9 Å². The van der Waals surface area contributed by atoms with Crippen LogP contribution < -0.4 is 18.9 Å². The lowest BCUT2D eigenvalue weighted by molar-refractivity contribution is -0.151. The summed E-state index contributed by atoms with van der Waals surface area (Å²) in [7, 11) is 6.30. The van der Waals surface area contributed by atoms with E-state index in [0.29, 0.717) is 40.0 Å². The number of fused-ring (bicyclic) bond motifs is 17. The van der Waals surface area contributed by atoms with Gasteiger partial charge in [0, 0.05) is 74.3 Å². The summed E-state index contributed by atoms with van der Waals surface area (Å²) in [5, 5.41) is 19.6. The third kappa shape index (κ3) is 7.36. The van der Waals surface area contributed by atoms with Gasteiger partial charge >= 0.3 is 23.9 Å². The van der Waals surface area contributed by atoms with E-state index in [1.807, 2.05) is 18.2 Å². The third-order valence-electron chi connectivity index (χ3n) is 16.6. The van der Waals surface area contributed by atoms with Crippen LogP contribution in [0.25, 0.3) is 0 Å². The topological polar surface area (TPSA) is 192 Å². The van der Waals surface area contributed by atoms with Crippen molar-refractivity contribution in [3.8, 4) is 34.5 Å². The number of carbonyl (C=O) groups excluding carboxylic acids is 4. The minimum absolute atomic E-state index is 0.00157. The van der Waals surface area contributed by atoms with Crippen molar-refractivity contribution in [2.24, 2.45) is 11.8 Å². The van der Waals surface area contributed by atoms with Crippen LogP contribution in [0.1, 0.15) is 106 Å². The first-order valence-electron chi connectivity index (χ1n) is 24.6. The molecule has 71 heavy (non-hydrogen) atoms. The van der Waals surface area contributed by atoms with Gasteiger partial charge in [-0.1, -0.05) is 42.7 Å². The molecule has 3 saturated heterocycles. The molecule has 0 unspecified atom stereocenters. The van der Waals surface area contributed by atoms with Gasteiger partial charge in [-0.3, -0.25) is 19.5 Å². The molecule has 0 radical (unpaired) electrons. The van der Waals surface area contributed by atoms with Gasteiger partial charge < -0.3 is 48.1 Å². The van der Waals surface area contributed by atoms with Crippen LogP contribution in [0.2, 0.25) is 0 Å². The number of rotatable bonds is 1. The van der Waals surface area contributed by atoms with E-state index >= 15 is 0 Å². The molecule has 8 heterocycles. The van der Waals surface area contributed by atoms with E-state index in [4.69, 9.17) is 37.9 Å². The highest BCUT2D eigenvalue weighted by Crippen LogP contribution is 2.53. The second kappa shape index (κ2) is 17.1. The van der Waals surface area contributed by atoms with Gasteiger partial charge in [0.1, 0.15) is 12.2 Å². The molecule has 17 heteroatoms. The summed E-state index contributed by atoms with van der Waals surface area (Å²) in [6.45, 7) is 8.90. The standard InChI is InChI=1S/C19H19NO6.C18H19NO4.C17H19NO4/c1-9(21)25-15-5-10-3-4-20(2)17(10)16-11-6-13-14(24-8-23-13)7-12(11)19(22)26-18(15)16;1-9-5-10-3-4-19(2)16(10)15-11-6-13-14(22-8-21-13)7-12(11)18(20)23-17(9)15;1-8-5-9-3-4-18(2)15(9)14-10-6-12(19)13(20)7-11(10)17(21)22-16(8)14/h5-7,15-18H,3-4,8H2,1-2H3;5-7,9,15-17H,3-4,8H2,1-2H3;5-8,14-16,19-20H,3-4H2,1-2H3/t15-,16-,17+,18+;9-,15-,16+,17+;8-,14-,15+,16+/m000/s1. The van der Waals surface area contributed by atoms with Crippen molar-refractivity contribution in [1.29, 1.82) is 0 Å². The molecule has 8 aliphatic heterocycles. The summed E-state index contributed by atoms with van der Waals surface area (Å²) >= 11 is 0. The normalized spacial score (nSPS) is 33.0. The Morgan fingerprint density at radius 3 is 1.35 bits per heavy atom. The van der Waals surface area contributed by atoms with Crippen molar-refractivity contribution in [2.75, 3.05) is 54.4 Å². The van der Waals surface area contributed by atoms with Gasteiger partial charge in [-0.05, 0) is 99.6 Å². The van der Waals surface area contributed by atoms with Crippen molar-refractivity contribution in [3.05, 3.63) is 105 Å². The molecule has 372 valence electrons. The first-order chi connectivity index (χ1) is 34.1. The lowest BCUT2D eigenvalue weighted by Gasteiger charge is -2.44. The van der Waals surface area contributed by atoms with E-state index < -0.39 is 24.1 Å². The van der Waals surface area contributed by atoms with Crippen LogP contribution in [0.4, 0.5) is 0 Å². The molecular weight excluding hydrogens is 915 g/mol. The van der Waals surface area contributed by atoms with Crippen LogP contribution in [0.5, 0.6) is 34.5 Å². The molecule has 17 nitrogen and oxygen atoms in total. The predicted molar refractivity (Wildman–Crippen MR) is 252 cm³/mol. The number of aromatic hydroxyl groups is 2. The van der Waals surface area contributed by atoms with Crippen LogP contribution >= 0.6 is 0 Å². The Kier molecular flexibility index (Phi) is 10.9. The van der Waals surface area contributed by atoms with Gasteiger partial charge in [-0.15, -0.1) is 0 Å². The number of esters is 4. The maximum Gasteiger partial charge on any atom is 0.339 e. The fourth-order valence-corrected chi connectivity index (χ4v) is 13.5. The lowest BCUT2D eigenvalue weighted by atomic mass is 9.71. The Balaban J connectivity index is 0.000000110. The van der Waals surface area contributed by atoms with Crippen molar-refractivity contribution < 1.29 is 67.3 Å². The van der Waals surface area contributed by atoms with Crippen LogP contribution in [-0.2, 0) is 23.7 Å². The van der Waals surface area contributed by atoms with Gasteiger partial charge in [0.05, 0.1) is 16.7 Å². The first-order valence-corrected chi connectivity index (χ1v) is 24.6. The van der Waals surface area contributed by atoms with Gasteiger partial charge in [0.15, 0.2) is 46.7 Å². The zero-order valence-corrected chi connectivity index (χ0v) is 40.4. The number of phenols is 2. The van der Waals surface area contributed by atoms with Crippen LogP contribution in [0, 0.1) is 11.8 Å². The molecule has 0 aromatic heterocycles. The van der Waals surface area contributed by atoms with E-state index in [0.717, 1.165) is 61.3 Å². The molecule has 0 spiro atoms. The average molecular weight is 972 g/mol. The number of nitrogens with zero attached hydrogens (tertiary/aromatic N) is 3. The van der Waals surface area contributed by atoms with E-state index in [1.54, 1.807) is 12.1 Å². The largest absolute Gasteiger partial charge is 0.504 e. The van der Waals surface area contributed by atoms with E-state index in [2.05, 4.69) is 61.8 Å². The molecule has 3 fully saturated rings. The second-order valence-electron chi connectivity index (χ2n) is 20.7. The molecule has 12 atom stereocenters. The third-order valence-corrected chi connectivity index (χ3v) is 16.6. The minimum atomic E-state index is -0.572. The minimum Gasteiger partial charge on any atom is -0.504 e. The predicted octanol–water partition coefficient (Wildman–Crippen LogP) is 5.93. The molecular formula is C54H57N3O14. The smallest absolute Gasteiger partial charge is 0.339 e. The maximum absolute atomic E-state index is 12.7. The summed E-state index contributed by atoms with van der Waals surface area (Å²) in [4.78, 5) is 55.9. The summed E-state index contributed by atoms with van der Waals surface area (Å²) < 4.78 is 44.7. The summed E-state index contributed by atoms with van der Waals surface area (Å²) in [6.07, 6.45) is 8.09. The molecule has 14 rings (SSSR count). The number of hydrogen-bond acceptors (Lipinski definition) is 17. The number of phenolic OH excluding ortho intramolecular Hbond substituents is 2. The molecule has 3 aliphatic carbocycles. The number of likely N-dealkylation sites (N-methyl/N-ethyl adjacent to an activating group) is 3. The Morgan fingerprint density at radius 2 is 0.901 bits per heavy atom. The quantitative estimate of drug-likeness (QED) is 0.126. The van der Waals surface area contributed by atoms with Crippen LogP contribution in [-0.4, -0.2) is 146 Å². The summed E-state index contributed by atoms with van der Waals surface area (Å²) in [5.41, 5.74) is 8.28. The van der Waals surface area contributed by atoms with Gasteiger partial charge in [0.25, 0.3) is 0 Å². The fourth-order valence-electron chi connectivity index (χ4n) is 13.5. The Hall–Kier alpha value is -6.56. The van der Waals surface area contributed by atoms with Crippen molar-refractivity contribution in [2.45, 2.75) is 100 Å². The zero-order valence-electron chi connectivity index (χ0n) is 40.4. The Labute approximate surface area is 410 Å². The Bertz CT molecular complexity index is 2890. The monoisotopic (exact) mass is 971 g/mol. The first kappa shape index (κ1) is 45.6. The average Bonchev–Trinajstić information content (AvgIpc) is 4.20. The molecule has 0 saturated carbocycles. The molecule has 11 aliphatic rings. The molecule has 3 aromatic rings. The lowest BCUT2D eigenvalue weighted by Crippen LogP contribution is -2.51. The fraction of sp³-hybridized carbons (Fsp3) is 0.481. The van der Waals surface area contributed by atoms with Crippen LogP contribution in [0.3, 0.4) is 0 Å². The maximum atomic E-state index is 12.7. The second-order valence-corrected chi connectivity index (χ2v) is 20.7. The SMILES string of the molecule is CC(=O)O[C@H]1C=C2CCN(C)[C@H]2[C@@H]2c3cc4c(cc3C(=O)O[C@@H]21)OCO4.C[C@H]1C=C2CCN(C)[C@H]2[C@@H]2c3cc(O)c(O)cc3C(=O)O[C@@H]21.C[C@H]1C=C2CCN(C)[C@H]2[C@@H]2c3cc4c(cc3C(=O)O[C@@H]21)OCO4. The van der Waals surface area contributed by atoms with Gasteiger partial charge in [-0.25, -0.2) is 14.4 Å². The molecule has 2 N–H and O–H groups in total. The number of carbonyl (C=O) groups is 4. The number of likely N-dealkylation sites (tertiary alicyclic amines) is 3. The number of benzene rings is 3. The molecule has 3 aromatic carbocycles. The van der Waals surface area contributed by atoms with Crippen LogP contribution in [0.15, 0.2) is 71.3 Å². The van der Waals surface area contributed by atoms with Crippen molar-refractivity contribution in [1.82, 2.24) is 14.7 Å². The van der Waals surface area contributed by atoms with Crippen molar-refractivity contribution >= 4 is 23.9 Å². The highest BCUT2D eigenvalue weighted by molar-refractivity contribution is 5.95. The molecule has 0 amide bonds. The van der Waals surface area contributed by atoms with Gasteiger partial charge in [0.2, 0.25) is 13.6 Å². The van der Waals surface area contributed by atoms with Gasteiger partial charge in [-0.2, -0.15) is 0 Å². The van der Waals surface area contributed by atoms with E-state index in [9.17, 15) is 29.4 Å². The van der Waals surface area contributed by atoms with Crippen molar-refractivity contribution in [3.63, 3.8) is 0 Å². The number of ether oxygens (including phenoxy) is 8.